The van der Waals surface area contributed by atoms with Crippen molar-refractivity contribution in [3.05, 3.63) is 27.0 Å². The molecule has 2 rings (SSSR count). The zero-order valence-electron chi connectivity index (χ0n) is 10.1. The molecule has 1 saturated heterocycles. The molecule has 1 fully saturated rings. The normalized spacial score (nSPS) is 16.1. The molecule has 2 heterocycles. The molecule has 0 N–H and O–H groups in total. The molecule has 0 amide bonds. The van der Waals surface area contributed by atoms with Crippen LogP contribution in [0.25, 0.3) is 0 Å². The Morgan fingerprint density at radius 2 is 2.11 bits per heavy atom. The second-order valence-corrected chi connectivity index (χ2v) is 5.02. The lowest BCUT2D eigenvalue weighted by molar-refractivity contribution is -0.384. The summed E-state index contributed by atoms with van der Waals surface area (Å²) in [6.07, 6.45) is 2.83. The molecule has 0 spiro atoms. The van der Waals surface area contributed by atoms with Crippen molar-refractivity contribution in [2.75, 3.05) is 37.6 Å². The monoisotopic (exact) mass is 325 g/mol. The number of nitrogens with zero attached hydrogens (tertiary/aromatic N) is 5. The Bertz CT molecular complexity index is 522. The molecule has 0 aromatic carbocycles. The van der Waals surface area contributed by atoms with E-state index in [1.807, 2.05) is 9.80 Å². The van der Waals surface area contributed by atoms with Crippen molar-refractivity contribution < 1.29 is 4.92 Å². The molecule has 0 atom stereocenters. The van der Waals surface area contributed by atoms with Crippen molar-refractivity contribution in [2.24, 2.45) is 0 Å². The largest absolute Gasteiger partial charge is 0.362 e. The van der Waals surface area contributed by atoms with Gasteiger partial charge in [-0.15, -0.1) is 0 Å². The predicted molar refractivity (Wildman–Crippen MR) is 72.9 cm³/mol. The molecule has 1 aliphatic heterocycles. The number of anilines is 1. The van der Waals surface area contributed by atoms with Crippen LogP contribution in [0.5, 0.6) is 0 Å². The summed E-state index contributed by atoms with van der Waals surface area (Å²) in [5.74, 6) is 0. The minimum atomic E-state index is -0.422. The Hall–Kier alpha value is -1.72. The Balaban J connectivity index is 2.20. The standard InChI is InChI=1S/C11H12BrN5O2/c12-9-7-14-8-10(17(18)19)11(9)16-5-3-15(2-1-13)4-6-16/h7-8H,2-6H2. The van der Waals surface area contributed by atoms with E-state index < -0.39 is 4.92 Å². The highest BCUT2D eigenvalue weighted by Gasteiger charge is 2.26. The summed E-state index contributed by atoms with van der Waals surface area (Å²) >= 11 is 3.32. The molecule has 7 nitrogen and oxygen atoms in total. The van der Waals surface area contributed by atoms with Gasteiger partial charge in [0.15, 0.2) is 0 Å². The number of rotatable bonds is 3. The highest BCUT2D eigenvalue weighted by atomic mass is 79.9. The number of aromatic nitrogens is 1. The zero-order chi connectivity index (χ0) is 13.8. The number of nitro groups is 1. The second kappa shape index (κ2) is 5.95. The SMILES string of the molecule is N#CCN1CCN(c2c(Br)cncc2[N+](=O)[O-])CC1. The molecule has 1 aromatic heterocycles. The van der Waals surface area contributed by atoms with E-state index in [1.54, 1.807) is 6.20 Å². The van der Waals surface area contributed by atoms with Gasteiger partial charge in [-0.1, -0.05) is 0 Å². The van der Waals surface area contributed by atoms with Gasteiger partial charge < -0.3 is 4.90 Å². The molecule has 8 heteroatoms. The summed E-state index contributed by atoms with van der Waals surface area (Å²) in [7, 11) is 0. The van der Waals surface area contributed by atoms with E-state index in [2.05, 4.69) is 27.0 Å². The highest BCUT2D eigenvalue weighted by Crippen LogP contribution is 2.35. The minimum Gasteiger partial charge on any atom is -0.362 e. The first kappa shape index (κ1) is 13.7. The van der Waals surface area contributed by atoms with Crippen LogP contribution in [0.15, 0.2) is 16.9 Å². The third-order valence-corrected chi connectivity index (χ3v) is 3.61. The maximum absolute atomic E-state index is 11.0. The number of piperazine rings is 1. The molecular weight excluding hydrogens is 314 g/mol. The lowest BCUT2D eigenvalue weighted by atomic mass is 10.2. The number of halogens is 1. The van der Waals surface area contributed by atoms with Crippen molar-refractivity contribution in [3.8, 4) is 6.07 Å². The van der Waals surface area contributed by atoms with Gasteiger partial charge in [0.2, 0.25) is 0 Å². The number of nitriles is 1. The van der Waals surface area contributed by atoms with Crippen LogP contribution in [0.1, 0.15) is 0 Å². The molecule has 19 heavy (non-hydrogen) atoms. The van der Waals surface area contributed by atoms with Crippen molar-refractivity contribution in [1.82, 2.24) is 9.88 Å². The van der Waals surface area contributed by atoms with Crippen molar-refractivity contribution in [2.45, 2.75) is 0 Å². The van der Waals surface area contributed by atoms with Gasteiger partial charge in [-0.05, 0) is 15.9 Å². The average Bonchev–Trinajstić information content (AvgIpc) is 2.40. The van der Waals surface area contributed by atoms with Crippen LogP contribution in [0.3, 0.4) is 0 Å². The number of hydrogen-bond acceptors (Lipinski definition) is 6. The van der Waals surface area contributed by atoms with Crippen LogP contribution in [0.4, 0.5) is 11.4 Å². The van der Waals surface area contributed by atoms with Crippen LogP contribution in [0.2, 0.25) is 0 Å². The van der Waals surface area contributed by atoms with Crippen LogP contribution in [-0.2, 0) is 0 Å². The Labute approximate surface area is 118 Å². The third kappa shape index (κ3) is 3.00. The summed E-state index contributed by atoms with van der Waals surface area (Å²) in [5, 5.41) is 19.7. The Kier molecular flexibility index (Phi) is 4.29. The quantitative estimate of drug-likeness (QED) is 0.474. The molecule has 0 bridgehead atoms. The van der Waals surface area contributed by atoms with Gasteiger partial charge in [0.05, 0.1) is 22.0 Å². The number of hydrogen-bond donors (Lipinski definition) is 0. The summed E-state index contributed by atoms with van der Waals surface area (Å²) in [6, 6.07) is 2.11. The highest BCUT2D eigenvalue weighted by molar-refractivity contribution is 9.10. The summed E-state index contributed by atoms with van der Waals surface area (Å²) < 4.78 is 0.621. The van der Waals surface area contributed by atoms with E-state index in [-0.39, 0.29) is 5.69 Å². The van der Waals surface area contributed by atoms with Gasteiger partial charge in [0.1, 0.15) is 11.9 Å². The van der Waals surface area contributed by atoms with Crippen molar-refractivity contribution in [3.63, 3.8) is 0 Å². The summed E-state index contributed by atoms with van der Waals surface area (Å²) in [6.45, 7) is 3.16. The van der Waals surface area contributed by atoms with E-state index in [1.165, 1.54) is 6.20 Å². The molecule has 100 valence electrons. The average molecular weight is 326 g/mol. The van der Waals surface area contributed by atoms with E-state index in [0.29, 0.717) is 29.8 Å². The van der Waals surface area contributed by atoms with Crippen LogP contribution >= 0.6 is 15.9 Å². The molecule has 0 saturated carbocycles. The smallest absolute Gasteiger partial charge is 0.311 e. The maximum Gasteiger partial charge on any atom is 0.311 e. The van der Waals surface area contributed by atoms with Gasteiger partial charge in [0.25, 0.3) is 0 Å². The van der Waals surface area contributed by atoms with Crippen LogP contribution < -0.4 is 4.90 Å². The fraction of sp³-hybridized carbons (Fsp3) is 0.455. The van der Waals surface area contributed by atoms with Crippen molar-refractivity contribution >= 4 is 27.3 Å². The van der Waals surface area contributed by atoms with Crippen LogP contribution in [0, 0.1) is 21.4 Å². The molecule has 1 aliphatic rings. The second-order valence-electron chi connectivity index (χ2n) is 4.17. The van der Waals surface area contributed by atoms with E-state index in [4.69, 9.17) is 5.26 Å². The van der Waals surface area contributed by atoms with Crippen LogP contribution in [-0.4, -0.2) is 47.5 Å². The lowest BCUT2D eigenvalue weighted by Gasteiger charge is -2.34. The van der Waals surface area contributed by atoms with Gasteiger partial charge in [-0.2, -0.15) is 5.26 Å². The maximum atomic E-state index is 11.0. The Morgan fingerprint density at radius 1 is 1.42 bits per heavy atom. The Morgan fingerprint density at radius 3 is 2.68 bits per heavy atom. The van der Waals surface area contributed by atoms with Gasteiger partial charge in [-0.3, -0.25) is 20.0 Å². The lowest BCUT2D eigenvalue weighted by Crippen LogP contribution is -2.46. The van der Waals surface area contributed by atoms with Gasteiger partial charge in [-0.25, -0.2) is 0 Å². The topological polar surface area (TPSA) is 86.3 Å². The summed E-state index contributed by atoms with van der Waals surface area (Å²) in [5.41, 5.74) is 0.569. The first-order valence-electron chi connectivity index (χ1n) is 5.75. The minimum absolute atomic E-state index is 0.00288. The first-order valence-corrected chi connectivity index (χ1v) is 6.55. The van der Waals surface area contributed by atoms with E-state index >= 15 is 0 Å². The zero-order valence-corrected chi connectivity index (χ0v) is 11.7. The van der Waals surface area contributed by atoms with Crippen molar-refractivity contribution in [1.29, 1.82) is 5.26 Å². The molecular formula is C11H12BrN5O2. The third-order valence-electron chi connectivity index (χ3n) is 3.03. The molecule has 0 unspecified atom stereocenters. The molecule has 1 aromatic rings. The first-order chi connectivity index (χ1) is 9.13. The fourth-order valence-electron chi connectivity index (χ4n) is 2.09. The predicted octanol–water partition coefficient (Wildman–Crippen LogP) is 1.40. The van der Waals surface area contributed by atoms with E-state index in [0.717, 1.165) is 13.1 Å². The van der Waals surface area contributed by atoms with Gasteiger partial charge >= 0.3 is 5.69 Å². The fourth-order valence-corrected chi connectivity index (χ4v) is 2.67. The summed E-state index contributed by atoms with van der Waals surface area (Å²) in [4.78, 5) is 18.4. The molecule has 0 aliphatic carbocycles. The number of pyridine rings is 1. The van der Waals surface area contributed by atoms with Gasteiger partial charge in [0, 0.05) is 32.4 Å². The van der Waals surface area contributed by atoms with E-state index in [9.17, 15) is 10.1 Å². The molecule has 0 radical (unpaired) electrons.